The summed E-state index contributed by atoms with van der Waals surface area (Å²) in [5.74, 6) is 0. The van der Waals surface area contributed by atoms with Gasteiger partial charge in [-0.05, 0) is 13.8 Å². The molecule has 4 nitrogen and oxygen atoms in total. The number of nitrogens with one attached hydrogen (secondary N) is 1. The van der Waals surface area contributed by atoms with E-state index in [1.54, 1.807) is 0 Å². The average Bonchev–Trinajstić information content (AvgIpc) is 2.61. The number of aromatic nitrogens is 2. The third-order valence-electron chi connectivity index (χ3n) is 1.82. The van der Waals surface area contributed by atoms with Crippen molar-refractivity contribution in [1.82, 2.24) is 9.59 Å². The van der Waals surface area contributed by atoms with Crippen molar-refractivity contribution in [3.8, 4) is 0 Å². The topological polar surface area (TPSA) is 47.0 Å². The van der Waals surface area contributed by atoms with E-state index in [0.717, 1.165) is 18.5 Å². The second kappa shape index (κ2) is 5.44. The number of rotatable bonds is 5. The smallest absolute Gasteiger partial charge is 0.374 e. The highest BCUT2D eigenvalue weighted by Gasteiger charge is 2.37. The minimum Gasteiger partial charge on any atom is -0.374 e. The summed E-state index contributed by atoms with van der Waals surface area (Å²) in [5, 5.41) is 7.30. The molecule has 0 saturated heterocycles. The summed E-state index contributed by atoms with van der Waals surface area (Å²) in [6.45, 7) is 3.31. The fraction of sp³-hybridized carbons (Fsp3) is 0.750. The number of ether oxygens (including phenoxy) is 1. The highest BCUT2D eigenvalue weighted by molar-refractivity contribution is 7.10. The van der Waals surface area contributed by atoms with Crippen molar-refractivity contribution >= 4 is 16.5 Å². The zero-order valence-electron chi connectivity index (χ0n) is 8.84. The molecule has 0 aliphatic carbocycles. The monoisotopic (exact) mass is 255 g/mol. The lowest BCUT2D eigenvalue weighted by molar-refractivity contribution is -0.217. The van der Waals surface area contributed by atoms with E-state index in [2.05, 4.69) is 19.6 Å². The van der Waals surface area contributed by atoms with Gasteiger partial charge in [0.2, 0.25) is 0 Å². The zero-order valence-corrected chi connectivity index (χ0v) is 9.65. The average molecular weight is 255 g/mol. The van der Waals surface area contributed by atoms with Crippen molar-refractivity contribution in [2.24, 2.45) is 0 Å². The normalized spacial score (nSPS) is 13.8. The molecule has 1 atom stereocenters. The van der Waals surface area contributed by atoms with E-state index < -0.39 is 12.3 Å². The van der Waals surface area contributed by atoms with Gasteiger partial charge in [0, 0.05) is 18.1 Å². The molecule has 0 radical (unpaired) electrons. The van der Waals surface area contributed by atoms with Crippen molar-refractivity contribution in [3.05, 3.63) is 5.69 Å². The molecule has 92 valence electrons. The van der Waals surface area contributed by atoms with Gasteiger partial charge >= 0.3 is 6.18 Å². The maximum Gasteiger partial charge on any atom is 0.414 e. The zero-order chi connectivity index (χ0) is 12.2. The van der Waals surface area contributed by atoms with Crippen molar-refractivity contribution < 1.29 is 17.9 Å². The first-order valence-corrected chi connectivity index (χ1v) is 5.46. The van der Waals surface area contributed by atoms with Gasteiger partial charge in [0.05, 0.1) is 6.61 Å². The van der Waals surface area contributed by atoms with E-state index >= 15 is 0 Å². The molecule has 0 aromatic carbocycles. The molecule has 0 fully saturated rings. The Morgan fingerprint density at radius 3 is 2.75 bits per heavy atom. The van der Waals surface area contributed by atoms with Crippen molar-refractivity contribution in [2.45, 2.75) is 32.7 Å². The summed E-state index contributed by atoms with van der Waals surface area (Å²) in [6.07, 6.45) is -6.15. The van der Waals surface area contributed by atoms with Crippen LogP contribution < -0.4 is 5.32 Å². The van der Waals surface area contributed by atoms with Gasteiger partial charge in [-0.1, -0.05) is 4.49 Å². The van der Waals surface area contributed by atoms with Crippen molar-refractivity contribution in [3.63, 3.8) is 0 Å². The van der Waals surface area contributed by atoms with Crippen LogP contribution in [0.1, 0.15) is 19.5 Å². The number of nitrogens with zero attached hydrogens (tertiary/aromatic N) is 2. The van der Waals surface area contributed by atoms with Crippen molar-refractivity contribution in [1.29, 1.82) is 0 Å². The van der Waals surface area contributed by atoms with Crippen LogP contribution in [0.5, 0.6) is 0 Å². The molecular formula is C8H12F3N3OS. The summed E-state index contributed by atoms with van der Waals surface area (Å²) < 4.78 is 44.8. The Morgan fingerprint density at radius 1 is 1.50 bits per heavy atom. The summed E-state index contributed by atoms with van der Waals surface area (Å²) in [7, 11) is 0. The van der Waals surface area contributed by atoms with Gasteiger partial charge in [-0.25, -0.2) is 0 Å². The molecule has 0 aliphatic heterocycles. The highest BCUT2D eigenvalue weighted by atomic mass is 32.1. The van der Waals surface area contributed by atoms with Crippen LogP contribution in [0.25, 0.3) is 0 Å². The second-order valence-corrected chi connectivity index (χ2v) is 3.83. The van der Waals surface area contributed by atoms with Crippen LogP contribution in [0.4, 0.5) is 18.2 Å². The molecule has 0 aliphatic rings. The maximum absolute atomic E-state index is 12.2. The molecule has 0 amide bonds. The molecule has 1 unspecified atom stereocenters. The SMILES string of the molecule is CCNc1snnc1COC(C)C(F)(F)F. The van der Waals surface area contributed by atoms with E-state index in [-0.39, 0.29) is 6.61 Å². The van der Waals surface area contributed by atoms with Crippen LogP contribution in [0, 0.1) is 0 Å². The fourth-order valence-corrected chi connectivity index (χ4v) is 1.53. The maximum atomic E-state index is 12.2. The van der Waals surface area contributed by atoms with E-state index in [1.807, 2.05) is 6.92 Å². The number of anilines is 1. The molecule has 1 aromatic heterocycles. The largest absolute Gasteiger partial charge is 0.414 e. The molecule has 1 rings (SSSR count). The Bertz CT molecular complexity index is 329. The van der Waals surface area contributed by atoms with E-state index in [0.29, 0.717) is 17.2 Å². The summed E-state index contributed by atoms with van der Waals surface area (Å²) in [5.41, 5.74) is 0.406. The van der Waals surface area contributed by atoms with Crippen LogP contribution in [-0.2, 0) is 11.3 Å². The number of halogens is 3. The third kappa shape index (κ3) is 3.60. The minimum absolute atomic E-state index is 0.195. The van der Waals surface area contributed by atoms with Gasteiger partial charge in [-0.3, -0.25) is 0 Å². The van der Waals surface area contributed by atoms with E-state index in [1.165, 1.54) is 0 Å². The second-order valence-electron chi connectivity index (χ2n) is 3.07. The number of hydrogen-bond acceptors (Lipinski definition) is 5. The van der Waals surface area contributed by atoms with Crippen LogP contribution in [-0.4, -0.2) is 28.4 Å². The molecule has 16 heavy (non-hydrogen) atoms. The highest BCUT2D eigenvalue weighted by Crippen LogP contribution is 2.25. The summed E-state index contributed by atoms with van der Waals surface area (Å²) in [4.78, 5) is 0. The lowest BCUT2D eigenvalue weighted by atomic mass is 10.4. The van der Waals surface area contributed by atoms with Crippen LogP contribution >= 0.6 is 11.5 Å². The molecular weight excluding hydrogens is 243 g/mol. The lowest BCUT2D eigenvalue weighted by Crippen LogP contribution is -2.28. The minimum atomic E-state index is -4.35. The molecule has 1 heterocycles. The Hall–Kier alpha value is -0.890. The van der Waals surface area contributed by atoms with E-state index in [4.69, 9.17) is 0 Å². The van der Waals surface area contributed by atoms with E-state index in [9.17, 15) is 13.2 Å². The molecule has 8 heteroatoms. The Kier molecular flexibility index (Phi) is 4.48. The molecule has 0 saturated carbocycles. The van der Waals surface area contributed by atoms with Gasteiger partial charge < -0.3 is 10.1 Å². The fourth-order valence-electron chi connectivity index (χ4n) is 0.896. The molecule has 1 aromatic rings. The molecule has 0 spiro atoms. The summed E-state index contributed by atoms with van der Waals surface area (Å²) >= 11 is 1.10. The van der Waals surface area contributed by atoms with Gasteiger partial charge in [0.25, 0.3) is 0 Å². The standard InChI is InChI=1S/C8H12F3N3OS/c1-3-12-7-6(13-14-16-7)4-15-5(2)8(9,10)11/h5,12H,3-4H2,1-2H3. The predicted octanol–water partition coefficient (Wildman–Crippen LogP) is 2.44. The van der Waals surface area contributed by atoms with Gasteiger partial charge in [-0.2, -0.15) is 13.2 Å². The van der Waals surface area contributed by atoms with Crippen molar-refractivity contribution in [2.75, 3.05) is 11.9 Å². The first-order valence-electron chi connectivity index (χ1n) is 4.68. The van der Waals surface area contributed by atoms with Gasteiger partial charge in [-0.15, -0.1) is 5.10 Å². The number of alkyl halides is 3. The Balaban J connectivity index is 2.51. The quantitative estimate of drug-likeness (QED) is 0.877. The molecule has 1 N–H and O–H groups in total. The molecule has 0 bridgehead atoms. The number of hydrogen-bond donors (Lipinski definition) is 1. The van der Waals surface area contributed by atoms with Crippen LogP contribution in [0.15, 0.2) is 0 Å². The third-order valence-corrected chi connectivity index (χ3v) is 2.55. The first-order chi connectivity index (χ1) is 7.45. The lowest BCUT2D eigenvalue weighted by Gasteiger charge is -2.15. The first kappa shape index (κ1) is 13.2. The Labute approximate surface area is 95.0 Å². The van der Waals surface area contributed by atoms with Gasteiger partial charge in [0.15, 0.2) is 6.10 Å². The van der Waals surface area contributed by atoms with Crippen LogP contribution in [0.2, 0.25) is 0 Å². The van der Waals surface area contributed by atoms with Crippen LogP contribution in [0.3, 0.4) is 0 Å². The predicted molar refractivity (Wildman–Crippen MR) is 54.4 cm³/mol. The Morgan fingerprint density at radius 2 is 2.19 bits per heavy atom. The van der Waals surface area contributed by atoms with Gasteiger partial charge in [0.1, 0.15) is 10.7 Å². The summed E-state index contributed by atoms with van der Waals surface area (Å²) in [6, 6.07) is 0.